The predicted octanol–water partition coefficient (Wildman–Crippen LogP) is 3.77. The SMILES string of the molecule is NCc1ccc(CCc2ccc3c(c2)NC(CC(=O)O)C(=O)N(CCc2ccccc2)C3)cc1. The van der Waals surface area contributed by atoms with Crippen molar-refractivity contribution in [3.63, 3.8) is 0 Å². The molecule has 1 aliphatic rings. The van der Waals surface area contributed by atoms with E-state index in [1.807, 2.05) is 30.3 Å². The van der Waals surface area contributed by atoms with Gasteiger partial charge in [0.15, 0.2) is 0 Å². The number of hydrogen-bond acceptors (Lipinski definition) is 4. The summed E-state index contributed by atoms with van der Waals surface area (Å²) in [6.07, 6.45) is 2.22. The molecule has 0 spiro atoms. The molecule has 0 saturated heterocycles. The number of nitrogens with one attached hydrogen (secondary N) is 1. The van der Waals surface area contributed by atoms with Crippen LogP contribution in [0.2, 0.25) is 0 Å². The molecule has 0 fully saturated rings. The molecule has 1 amide bonds. The number of carboxylic acid groups (broad SMARTS) is 1. The summed E-state index contributed by atoms with van der Waals surface area (Å²) >= 11 is 0. The Kier molecular flexibility index (Phi) is 7.60. The Morgan fingerprint density at radius 3 is 2.26 bits per heavy atom. The molecule has 6 heteroatoms. The van der Waals surface area contributed by atoms with Crippen LogP contribution in [-0.4, -0.2) is 34.5 Å². The number of fused-ring (bicyclic) bond motifs is 1. The summed E-state index contributed by atoms with van der Waals surface area (Å²) in [6, 6.07) is 23.8. The Hall–Kier alpha value is -3.64. The number of carboxylic acids is 1. The molecule has 34 heavy (non-hydrogen) atoms. The normalized spacial score (nSPS) is 15.4. The second-order valence-corrected chi connectivity index (χ2v) is 8.80. The number of carbonyl (C=O) groups is 2. The van der Waals surface area contributed by atoms with E-state index < -0.39 is 12.0 Å². The van der Waals surface area contributed by atoms with E-state index in [-0.39, 0.29) is 12.3 Å². The van der Waals surface area contributed by atoms with Crippen LogP contribution in [-0.2, 0) is 41.9 Å². The molecule has 1 unspecified atom stereocenters. The molecule has 4 rings (SSSR count). The fraction of sp³-hybridized carbons (Fsp3) is 0.286. The predicted molar refractivity (Wildman–Crippen MR) is 133 cm³/mol. The monoisotopic (exact) mass is 457 g/mol. The lowest BCUT2D eigenvalue weighted by molar-refractivity contribution is -0.141. The Balaban J connectivity index is 1.50. The van der Waals surface area contributed by atoms with Crippen LogP contribution in [0.3, 0.4) is 0 Å². The fourth-order valence-electron chi connectivity index (χ4n) is 4.35. The van der Waals surface area contributed by atoms with Gasteiger partial charge in [-0.2, -0.15) is 0 Å². The van der Waals surface area contributed by atoms with Gasteiger partial charge in [0.05, 0.1) is 6.42 Å². The van der Waals surface area contributed by atoms with E-state index >= 15 is 0 Å². The molecular formula is C28H31N3O3. The zero-order chi connectivity index (χ0) is 23.9. The maximum absolute atomic E-state index is 13.2. The van der Waals surface area contributed by atoms with Gasteiger partial charge in [-0.15, -0.1) is 0 Å². The second-order valence-electron chi connectivity index (χ2n) is 8.80. The van der Waals surface area contributed by atoms with Crippen LogP contribution in [0, 0.1) is 0 Å². The van der Waals surface area contributed by atoms with E-state index in [1.165, 1.54) is 5.56 Å². The molecule has 0 radical (unpaired) electrons. The van der Waals surface area contributed by atoms with Crippen LogP contribution >= 0.6 is 0 Å². The number of aliphatic carboxylic acids is 1. The standard InChI is InChI=1S/C28H31N3O3/c29-18-23-10-7-21(8-11-23)6-9-22-12-13-24-19-31(15-14-20-4-2-1-3-5-20)28(34)26(17-27(32)33)30-25(24)16-22/h1-5,7-8,10-13,16,26,30H,6,9,14-15,17-19,29H2,(H,32,33). The Labute approximate surface area is 200 Å². The molecule has 176 valence electrons. The molecule has 1 heterocycles. The minimum atomic E-state index is -0.991. The van der Waals surface area contributed by atoms with Crippen molar-refractivity contribution in [2.24, 2.45) is 5.73 Å². The van der Waals surface area contributed by atoms with Gasteiger partial charge in [0.1, 0.15) is 6.04 Å². The van der Waals surface area contributed by atoms with Gasteiger partial charge >= 0.3 is 5.97 Å². The van der Waals surface area contributed by atoms with Gasteiger partial charge in [0.25, 0.3) is 0 Å². The number of nitrogens with zero attached hydrogens (tertiary/aromatic N) is 1. The van der Waals surface area contributed by atoms with Crippen molar-refractivity contribution < 1.29 is 14.7 Å². The van der Waals surface area contributed by atoms with Gasteiger partial charge in [-0.25, -0.2) is 0 Å². The molecule has 3 aromatic carbocycles. The van der Waals surface area contributed by atoms with E-state index in [0.29, 0.717) is 19.6 Å². The summed E-state index contributed by atoms with van der Waals surface area (Å²) in [5.41, 5.74) is 12.2. The van der Waals surface area contributed by atoms with Gasteiger partial charge < -0.3 is 21.1 Å². The lowest BCUT2D eigenvalue weighted by Gasteiger charge is -2.24. The number of nitrogens with two attached hydrogens (primary N) is 1. The molecule has 3 aromatic rings. The average molecular weight is 458 g/mol. The lowest BCUT2D eigenvalue weighted by Crippen LogP contribution is -2.42. The topological polar surface area (TPSA) is 95.7 Å². The summed E-state index contributed by atoms with van der Waals surface area (Å²) in [4.78, 5) is 26.5. The van der Waals surface area contributed by atoms with Crippen molar-refractivity contribution in [1.82, 2.24) is 4.90 Å². The maximum atomic E-state index is 13.2. The van der Waals surface area contributed by atoms with Crippen molar-refractivity contribution >= 4 is 17.6 Å². The molecule has 6 nitrogen and oxygen atoms in total. The summed E-state index contributed by atoms with van der Waals surface area (Å²) in [6.45, 7) is 1.54. The Bertz CT molecular complexity index is 1130. The van der Waals surface area contributed by atoms with E-state index in [1.54, 1.807) is 4.90 Å². The van der Waals surface area contributed by atoms with E-state index in [4.69, 9.17) is 5.73 Å². The molecule has 1 aliphatic heterocycles. The van der Waals surface area contributed by atoms with E-state index in [2.05, 4.69) is 47.8 Å². The third kappa shape index (κ3) is 6.02. The molecule has 0 saturated carbocycles. The maximum Gasteiger partial charge on any atom is 0.305 e. The number of hydrogen-bond donors (Lipinski definition) is 3. The minimum Gasteiger partial charge on any atom is -0.481 e. The largest absolute Gasteiger partial charge is 0.481 e. The zero-order valence-electron chi connectivity index (χ0n) is 19.2. The van der Waals surface area contributed by atoms with E-state index in [0.717, 1.165) is 47.2 Å². The fourth-order valence-corrected chi connectivity index (χ4v) is 4.35. The molecular weight excluding hydrogens is 426 g/mol. The molecule has 1 atom stereocenters. The number of benzene rings is 3. The van der Waals surface area contributed by atoms with Crippen molar-refractivity contribution in [2.75, 3.05) is 11.9 Å². The van der Waals surface area contributed by atoms with Gasteiger partial charge in [0.2, 0.25) is 5.91 Å². The molecule has 0 bridgehead atoms. The highest BCUT2D eigenvalue weighted by atomic mass is 16.4. The second kappa shape index (κ2) is 11.0. The highest BCUT2D eigenvalue weighted by Crippen LogP contribution is 2.26. The van der Waals surface area contributed by atoms with Gasteiger partial charge in [-0.1, -0.05) is 66.7 Å². The summed E-state index contributed by atoms with van der Waals surface area (Å²) in [5.74, 6) is -1.16. The van der Waals surface area contributed by atoms with Gasteiger partial charge in [0, 0.05) is 25.3 Å². The smallest absolute Gasteiger partial charge is 0.305 e. The summed E-state index contributed by atoms with van der Waals surface area (Å²) in [7, 11) is 0. The van der Waals surface area contributed by atoms with E-state index in [9.17, 15) is 14.7 Å². The lowest BCUT2D eigenvalue weighted by atomic mass is 10.0. The average Bonchev–Trinajstić information content (AvgIpc) is 2.98. The van der Waals surface area contributed by atoms with Crippen LogP contribution in [0.4, 0.5) is 5.69 Å². The Morgan fingerprint density at radius 1 is 0.912 bits per heavy atom. The van der Waals surface area contributed by atoms with Gasteiger partial charge in [-0.05, 0) is 53.1 Å². The Morgan fingerprint density at radius 2 is 1.56 bits per heavy atom. The summed E-state index contributed by atoms with van der Waals surface area (Å²) in [5, 5.41) is 12.6. The minimum absolute atomic E-state index is 0.170. The molecule has 0 aliphatic carbocycles. The number of carbonyl (C=O) groups excluding carboxylic acids is 1. The summed E-state index contributed by atoms with van der Waals surface area (Å²) < 4.78 is 0. The van der Waals surface area contributed by atoms with Crippen molar-refractivity contribution in [2.45, 2.75) is 44.8 Å². The number of amides is 1. The van der Waals surface area contributed by atoms with Crippen LogP contribution in [0.1, 0.15) is 34.2 Å². The molecule has 4 N–H and O–H groups in total. The highest BCUT2D eigenvalue weighted by Gasteiger charge is 2.30. The zero-order valence-corrected chi connectivity index (χ0v) is 19.2. The first-order valence-corrected chi connectivity index (χ1v) is 11.7. The first-order chi connectivity index (χ1) is 16.5. The highest BCUT2D eigenvalue weighted by molar-refractivity contribution is 5.90. The first-order valence-electron chi connectivity index (χ1n) is 11.7. The quantitative estimate of drug-likeness (QED) is 0.455. The van der Waals surface area contributed by atoms with Crippen LogP contribution < -0.4 is 11.1 Å². The van der Waals surface area contributed by atoms with Crippen molar-refractivity contribution in [1.29, 1.82) is 0 Å². The first kappa shape index (κ1) is 23.5. The van der Waals surface area contributed by atoms with Crippen molar-refractivity contribution in [3.05, 3.63) is 101 Å². The van der Waals surface area contributed by atoms with Crippen LogP contribution in [0.25, 0.3) is 0 Å². The number of rotatable bonds is 9. The third-order valence-electron chi connectivity index (χ3n) is 6.33. The van der Waals surface area contributed by atoms with Gasteiger partial charge in [-0.3, -0.25) is 9.59 Å². The van der Waals surface area contributed by atoms with Crippen LogP contribution in [0.5, 0.6) is 0 Å². The number of anilines is 1. The molecule has 0 aromatic heterocycles. The van der Waals surface area contributed by atoms with Crippen LogP contribution in [0.15, 0.2) is 72.8 Å². The third-order valence-corrected chi connectivity index (χ3v) is 6.33. The van der Waals surface area contributed by atoms with Crippen molar-refractivity contribution in [3.8, 4) is 0 Å². The number of aryl methyl sites for hydroxylation is 2.